The van der Waals surface area contributed by atoms with E-state index in [2.05, 4.69) is 9.97 Å². The summed E-state index contributed by atoms with van der Waals surface area (Å²) >= 11 is 2.84. The van der Waals surface area contributed by atoms with Crippen LogP contribution in [0, 0.1) is 0 Å². The van der Waals surface area contributed by atoms with Crippen LogP contribution in [0.5, 0.6) is 0 Å². The molecule has 0 aliphatic heterocycles. The molecule has 0 bridgehead atoms. The Hall–Kier alpha value is -2.31. The van der Waals surface area contributed by atoms with Gasteiger partial charge in [-0.2, -0.15) is 11.3 Å². The molecule has 0 spiro atoms. The highest BCUT2D eigenvalue weighted by Gasteiger charge is 2.02. The number of nitrogens with one attached hydrogen (secondary N) is 1. The second kappa shape index (κ2) is 5.99. The first-order valence-corrected chi connectivity index (χ1v) is 7.87. The zero-order chi connectivity index (χ0) is 14.7. The van der Waals surface area contributed by atoms with E-state index in [0.29, 0.717) is 14.8 Å². The molecular formula is C15H10N2O2S2. The first-order chi connectivity index (χ1) is 10.2. The van der Waals surface area contributed by atoms with Gasteiger partial charge in [0.2, 0.25) is 0 Å². The maximum atomic E-state index is 12.0. The molecule has 0 saturated carbocycles. The third-order valence-electron chi connectivity index (χ3n) is 2.75. The van der Waals surface area contributed by atoms with E-state index >= 15 is 0 Å². The highest BCUT2D eigenvalue weighted by Crippen LogP contribution is 2.05. The van der Waals surface area contributed by atoms with E-state index < -0.39 is 0 Å². The summed E-state index contributed by atoms with van der Waals surface area (Å²) in [6.07, 6.45) is 6.38. The fourth-order valence-electron chi connectivity index (χ4n) is 1.75. The molecule has 1 N–H and O–H groups in total. The van der Waals surface area contributed by atoms with Crippen molar-refractivity contribution in [1.82, 2.24) is 9.97 Å². The van der Waals surface area contributed by atoms with Crippen LogP contribution in [0.25, 0.3) is 12.2 Å². The lowest BCUT2D eigenvalue weighted by molar-refractivity contribution is 0.106. The molecule has 4 nitrogen and oxygen atoms in total. The van der Waals surface area contributed by atoms with Crippen LogP contribution in [0.1, 0.15) is 15.9 Å². The van der Waals surface area contributed by atoms with Gasteiger partial charge in [-0.1, -0.05) is 0 Å². The summed E-state index contributed by atoms with van der Waals surface area (Å²) < 4.78 is 1.13. The summed E-state index contributed by atoms with van der Waals surface area (Å²) in [5, 5.41) is 3.91. The van der Waals surface area contributed by atoms with E-state index in [4.69, 9.17) is 0 Å². The van der Waals surface area contributed by atoms with Crippen molar-refractivity contribution in [2.75, 3.05) is 0 Å². The Morgan fingerprint density at radius 1 is 1.24 bits per heavy atom. The second-order valence-corrected chi connectivity index (χ2v) is 6.09. The first kappa shape index (κ1) is 13.7. The van der Waals surface area contributed by atoms with E-state index in [0.717, 1.165) is 5.56 Å². The predicted molar refractivity (Wildman–Crippen MR) is 85.1 cm³/mol. The lowest BCUT2D eigenvalue weighted by Crippen LogP contribution is -2.19. The van der Waals surface area contributed by atoms with Gasteiger partial charge in [-0.05, 0) is 40.6 Å². The Morgan fingerprint density at radius 3 is 2.76 bits per heavy atom. The molecule has 3 rings (SSSR count). The van der Waals surface area contributed by atoms with Crippen molar-refractivity contribution in [2.24, 2.45) is 0 Å². The van der Waals surface area contributed by atoms with Crippen LogP contribution >= 0.6 is 22.7 Å². The zero-order valence-corrected chi connectivity index (χ0v) is 12.4. The number of H-pyrrole nitrogens is 1. The number of hydrogen-bond acceptors (Lipinski definition) is 5. The molecule has 3 aromatic heterocycles. The Balaban J connectivity index is 2.00. The van der Waals surface area contributed by atoms with Crippen LogP contribution in [-0.4, -0.2) is 15.8 Å². The number of hydrogen-bond donors (Lipinski definition) is 1. The number of carbonyl (C=O) groups excluding carboxylic acids is 1. The Bertz CT molecular complexity index is 922. The van der Waals surface area contributed by atoms with Gasteiger partial charge in [0.1, 0.15) is 0 Å². The molecule has 0 aromatic carbocycles. The molecule has 0 amide bonds. The summed E-state index contributed by atoms with van der Waals surface area (Å²) in [4.78, 5) is 30.5. The average Bonchev–Trinajstić information content (AvgIpc) is 3.11. The fourth-order valence-corrected chi connectivity index (χ4v) is 3.25. The Kier molecular flexibility index (Phi) is 3.89. The largest absolute Gasteiger partial charge is 0.313 e. The minimum atomic E-state index is -0.181. The Labute approximate surface area is 127 Å². The zero-order valence-electron chi connectivity index (χ0n) is 10.8. The lowest BCUT2D eigenvalue weighted by atomic mass is 10.2. The average molecular weight is 314 g/mol. The molecule has 21 heavy (non-hydrogen) atoms. The minimum Gasteiger partial charge on any atom is -0.313 e. The molecule has 0 saturated heterocycles. The minimum absolute atomic E-state index is 0.156. The maximum Gasteiger partial charge on any atom is 0.266 e. The van der Waals surface area contributed by atoms with Crippen molar-refractivity contribution in [1.29, 1.82) is 0 Å². The SMILES string of the molecule is O=C(C=c1[nH]c(=O)c(=Cc2ccsc2)s1)c1ccncc1. The number of ketones is 1. The molecule has 0 atom stereocenters. The monoisotopic (exact) mass is 314 g/mol. The van der Waals surface area contributed by atoms with Crippen LogP contribution in [0.4, 0.5) is 0 Å². The number of thiazole rings is 1. The summed E-state index contributed by atoms with van der Waals surface area (Å²) in [5.41, 5.74) is 1.35. The van der Waals surface area contributed by atoms with Crippen molar-refractivity contribution in [2.45, 2.75) is 0 Å². The van der Waals surface area contributed by atoms with Gasteiger partial charge in [0, 0.05) is 24.0 Å². The fraction of sp³-hybridized carbons (Fsp3) is 0. The Morgan fingerprint density at radius 2 is 2.05 bits per heavy atom. The smallest absolute Gasteiger partial charge is 0.266 e. The van der Waals surface area contributed by atoms with E-state index in [1.165, 1.54) is 17.4 Å². The lowest BCUT2D eigenvalue weighted by Gasteiger charge is -1.91. The summed E-state index contributed by atoms with van der Waals surface area (Å²) in [5.74, 6) is -0.156. The number of aromatic amines is 1. The van der Waals surface area contributed by atoms with Gasteiger partial charge in [0.05, 0.1) is 9.20 Å². The van der Waals surface area contributed by atoms with Crippen molar-refractivity contribution in [3.63, 3.8) is 0 Å². The standard InChI is InChI=1S/C15H10N2O2S2/c18-12(11-1-4-16-5-2-11)8-14-17-15(19)13(21-14)7-10-3-6-20-9-10/h1-9H,(H,17,19). The normalized spacial score (nSPS) is 12.8. The van der Waals surface area contributed by atoms with Crippen molar-refractivity contribution in [3.05, 3.63) is 72.0 Å². The number of rotatable bonds is 3. The third kappa shape index (κ3) is 3.24. The van der Waals surface area contributed by atoms with Gasteiger partial charge in [-0.15, -0.1) is 11.3 Å². The number of aromatic nitrogens is 2. The molecule has 3 aromatic rings. The molecule has 6 heteroatoms. The van der Waals surface area contributed by atoms with Crippen LogP contribution in [0.15, 0.2) is 46.1 Å². The highest BCUT2D eigenvalue weighted by atomic mass is 32.1. The van der Waals surface area contributed by atoms with E-state index in [1.807, 2.05) is 22.9 Å². The van der Waals surface area contributed by atoms with E-state index in [1.54, 1.807) is 35.9 Å². The number of pyridine rings is 1. The van der Waals surface area contributed by atoms with Crippen LogP contribution < -0.4 is 14.8 Å². The summed E-state index contributed by atoms with van der Waals surface area (Å²) in [6.45, 7) is 0. The number of thiophene rings is 1. The van der Waals surface area contributed by atoms with Crippen molar-refractivity contribution >= 4 is 40.6 Å². The molecular weight excluding hydrogens is 304 g/mol. The highest BCUT2D eigenvalue weighted by molar-refractivity contribution is 7.08. The van der Waals surface area contributed by atoms with Crippen LogP contribution in [-0.2, 0) is 0 Å². The molecule has 0 aliphatic carbocycles. The summed E-state index contributed by atoms with van der Waals surface area (Å²) in [7, 11) is 0. The van der Waals surface area contributed by atoms with Gasteiger partial charge >= 0.3 is 0 Å². The van der Waals surface area contributed by atoms with Crippen molar-refractivity contribution in [3.8, 4) is 0 Å². The van der Waals surface area contributed by atoms with Gasteiger partial charge < -0.3 is 4.98 Å². The molecule has 0 fully saturated rings. The quantitative estimate of drug-likeness (QED) is 0.743. The predicted octanol–water partition coefficient (Wildman–Crippen LogP) is 1.39. The second-order valence-electron chi connectivity index (χ2n) is 4.23. The summed E-state index contributed by atoms with van der Waals surface area (Å²) in [6, 6.07) is 5.22. The van der Waals surface area contributed by atoms with Gasteiger partial charge in [-0.3, -0.25) is 14.6 Å². The van der Waals surface area contributed by atoms with Crippen molar-refractivity contribution < 1.29 is 4.79 Å². The van der Waals surface area contributed by atoms with Crippen LogP contribution in [0.3, 0.4) is 0 Å². The number of Topliss-reactive ketones (excluding diaryl/α,β-unsaturated/α-hetero) is 1. The number of carbonyl (C=O) groups is 1. The van der Waals surface area contributed by atoms with Gasteiger partial charge in [0.15, 0.2) is 5.78 Å². The number of nitrogens with zero attached hydrogens (tertiary/aromatic N) is 1. The van der Waals surface area contributed by atoms with E-state index in [-0.39, 0.29) is 11.3 Å². The molecule has 104 valence electrons. The topological polar surface area (TPSA) is 62.8 Å². The van der Waals surface area contributed by atoms with Gasteiger partial charge in [0.25, 0.3) is 5.56 Å². The van der Waals surface area contributed by atoms with Gasteiger partial charge in [-0.25, -0.2) is 0 Å². The first-order valence-electron chi connectivity index (χ1n) is 6.11. The molecule has 0 aliphatic rings. The van der Waals surface area contributed by atoms with E-state index in [9.17, 15) is 9.59 Å². The maximum absolute atomic E-state index is 12.0. The molecule has 3 heterocycles. The third-order valence-corrected chi connectivity index (χ3v) is 4.41. The molecule has 0 unspecified atom stereocenters. The van der Waals surface area contributed by atoms with Crippen LogP contribution in [0.2, 0.25) is 0 Å². The molecule has 0 radical (unpaired) electrons.